The summed E-state index contributed by atoms with van der Waals surface area (Å²) in [7, 11) is 0. The molecule has 0 radical (unpaired) electrons. The molecule has 9 aromatic carbocycles. The van der Waals surface area contributed by atoms with E-state index in [0.717, 1.165) is 6.42 Å². The van der Waals surface area contributed by atoms with Crippen molar-refractivity contribution in [2.75, 3.05) is 4.90 Å². The third-order valence-corrected chi connectivity index (χ3v) is 17.0. The summed E-state index contributed by atoms with van der Waals surface area (Å²) < 4.78 is 2.69. The van der Waals surface area contributed by atoms with Crippen molar-refractivity contribution in [2.45, 2.75) is 38.0 Å². The Morgan fingerprint density at radius 2 is 1.07 bits per heavy atom. The van der Waals surface area contributed by atoms with Gasteiger partial charge in [-0.05, 0) is 132 Å². The highest BCUT2D eigenvalue weighted by Crippen LogP contribution is 2.66. The Balaban J connectivity index is 1.01. The van der Waals surface area contributed by atoms with E-state index in [2.05, 4.69) is 238 Å². The quantitative estimate of drug-likeness (QED) is 0.167. The van der Waals surface area contributed by atoms with Crippen LogP contribution in [0.3, 0.4) is 0 Å². The van der Waals surface area contributed by atoms with Crippen LogP contribution in [0.2, 0.25) is 0 Å². The summed E-state index contributed by atoms with van der Waals surface area (Å²) in [5, 5.41) is 2.72. The van der Waals surface area contributed by atoms with Gasteiger partial charge >= 0.3 is 0 Å². The van der Waals surface area contributed by atoms with Gasteiger partial charge in [0.05, 0.1) is 5.41 Å². The van der Waals surface area contributed by atoms with Gasteiger partial charge in [0, 0.05) is 48.6 Å². The van der Waals surface area contributed by atoms with E-state index in [9.17, 15) is 0 Å². The molecule has 1 aromatic heterocycles. The van der Waals surface area contributed by atoms with Crippen LogP contribution in [-0.4, -0.2) is 0 Å². The lowest BCUT2D eigenvalue weighted by atomic mass is 9.68. The van der Waals surface area contributed by atoms with Gasteiger partial charge in [0.1, 0.15) is 0 Å². The Hall–Kier alpha value is -7.52. The summed E-state index contributed by atoms with van der Waals surface area (Å²) in [5.74, 6) is 0.241. The zero-order valence-corrected chi connectivity index (χ0v) is 38.7. The molecule has 0 fully saturated rings. The predicted octanol–water partition coefficient (Wildman–Crippen LogP) is 17.5. The summed E-state index contributed by atoms with van der Waals surface area (Å²) >= 11 is 1.94. The molecule has 0 amide bonds. The van der Waals surface area contributed by atoms with E-state index in [4.69, 9.17) is 0 Å². The second-order valence-electron chi connectivity index (χ2n) is 19.6. The minimum Gasteiger partial charge on any atom is -0.314 e. The summed E-state index contributed by atoms with van der Waals surface area (Å²) in [5.41, 5.74) is 24.8. The number of rotatable bonds is 5. The van der Waals surface area contributed by atoms with Crippen molar-refractivity contribution < 1.29 is 0 Å². The molecule has 0 bridgehead atoms. The van der Waals surface area contributed by atoms with Gasteiger partial charge < -0.3 is 4.90 Å². The first kappa shape index (κ1) is 38.7. The molecule has 0 aliphatic heterocycles. The fourth-order valence-electron chi connectivity index (χ4n) is 12.8. The molecule has 0 saturated heterocycles. The third kappa shape index (κ3) is 5.31. The van der Waals surface area contributed by atoms with Gasteiger partial charge in [-0.25, -0.2) is 0 Å². The molecule has 1 nitrogen and oxygen atoms in total. The molecule has 2 unspecified atom stereocenters. The fourth-order valence-corrected chi connectivity index (χ4v) is 14.0. The van der Waals surface area contributed by atoms with E-state index >= 15 is 0 Å². The lowest BCUT2D eigenvalue weighted by molar-refractivity contribution is 0.657. The van der Waals surface area contributed by atoms with Crippen molar-refractivity contribution in [2.24, 2.45) is 5.92 Å². The van der Waals surface area contributed by atoms with Crippen LogP contribution in [0.15, 0.2) is 224 Å². The average molecular weight is 874 g/mol. The highest BCUT2D eigenvalue weighted by atomic mass is 32.1. The minimum atomic E-state index is -0.479. The number of benzene rings is 9. The molecule has 0 saturated carbocycles. The van der Waals surface area contributed by atoms with Gasteiger partial charge in [-0.3, -0.25) is 0 Å². The summed E-state index contributed by atoms with van der Waals surface area (Å²) in [4.78, 5) is 2.60. The maximum atomic E-state index is 2.64. The van der Waals surface area contributed by atoms with Crippen molar-refractivity contribution >= 4 is 48.5 Å². The van der Waals surface area contributed by atoms with Crippen LogP contribution in [0.1, 0.15) is 60.6 Å². The first-order chi connectivity index (χ1) is 32.9. The highest BCUT2D eigenvalue weighted by Gasteiger charge is 2.54. The van der Waals surface area contributed by atoms with Crippen molar-refractivity contribution in [1.82, 2.24) is 0 Å². The van der Waals surface area contributed by atoms with Gasteiger partial charge in [-0.15, -0.1) is 11.3 Å². The van der Waals surface area contributed by atoms with Crippen LogP contribution in [0.4, 0.5) is 11.4 Å². The summed E-state index contributed by atoms with van der Waals surface area (Å²) in [6.07, 6.45) is 3.58. The molecule has 318 valence electrons. The topological polar surface area (TPSA) is 3.24 Å². The SMILES string of the molecule is CC1CC2=C(C=C1N(c1ccc(-c3ccccc3)cc1)c1ccc3c(c1)C(C)(C)c1ccccc1-3)C1(c3ccccc32)c2ccccc2-c2c1ccc1sc3c(-c4ccccc4)cccc3c21. The summed E-state index contributed by atoms with van der Waals surface area (Å²) in [6.45, 7) is 7.24. The van der Waals surface area contributed by atoms with Gasteiger partial charge in [0.25, 0.3) is 0 Å². The Morgan fingerprint density at radius 3 is 1.84 bits per heavy atom. The molecule has 67 heavy (non-hydrogen) atoms. The second-order valence-corrected chi connectivity index (χ2v) is 20.6. The predicted molar refractivity (Wildman–Crippen MR) is 283 cm³/mol. The van der Waals surface area contributed by atoms with Crippen LogP contribution >= 0.6 is 11.3 Å². The average Bonchev–Trinajstić information content (AvgIpc) is 4.06. The monoisotopic (exact) mass is 873 g/mol. The van der Waals surface area contributed by atoms with Gasteiger partial charge in [0.15, 0.2) is 0 Å². The third-order valence-electron chi connectivity index (χ3n) is 15.8. The standard InChI is InChI=1S/C65H47NS/c1-40-37-52-48-22-11-14-27-54(48)65(55-28-15-12-23-50(55)61-56(65)35-36-60-62(61)51-25-16-24-46(63(51)67-60)43-19-8-5-9-20-43)58(52)39-59(40)66(44-31-29-42(30-32-44)41-17-6-4-7-18-41)45-33-34-49-47-21-10-13-26-53(47)64(2,3)57(49)38-45/h4-36,38-40H,37H2,1-3H3. The van der Waals surface area contributed by atoms with Crippen LogP contribution in [0.5, 0.6) is 0 Å². The number of hydrogen-bond acceptors (Lipinski definition) is 2. The molecular weight excluding hydrogens is 827 g/mol. The highest BCUT2D eigenvalue weighted by molar-refractivity contribution is 7.26. The van der Waals surface area contributed by atoms with E-state index < -0.39 is 5.41 Å². The second kappa shape index (κ2) is 14.2. The molecule has 2 atom stereocenters. The Bertz CT molecular complexity index is 3750. The molecule has 4 aliphatic carbocycles. The van der Waals surface area contributed by atoms with Crippen LogP contribution in [0.25, 0.3) is 70.3 Å². The molecule has 4 aliphatic rings. The maximum absolute atomic E-state index is 2.64. The lowest BCUT2D eigenvalue weighted by Crippen LogP contribution is -2.30. The first-order valence-electron chi connectivity index (χ1n) is 23.8. The van der Waals surface area contributed by atoms with E-state index in [1.54, 1.807) is 0 Å². The van der Waals surface area contributed by atoms with Crippen LogP contribution in [0, 0.1) is 5.92 Å². The lowest BCUT2D eigenvalue weighted by Gasteiger charge is -2.38. The van der Waals surface area contributed by atoms with E-state index in [-0.39, 0.29) is 11.3 Å². The number of allylic oxidation sites excluding steroid dienone is 4. The maximum Gasteiger partial charge on any atom is 0.0723 e. The zero-order chi connectivity index (χ0) is 44.6. The van der Waals surface area contributed by atoms with Gasteiger partial charge in [0.2, 0.25) is 0 Å². The normalized spacial score (nSPS) is 18.1. The smallest absolute Gasteiger partial charge is 0.0723 e. The van der Waals surface area contributed by atoms with Crippen molar-refractivity contribution in [3.8, 4) is 44.5 Å². The largest absolute Gasteiger partial charge is 0.314 e. The fraction of sp³-hybridized carbons (Fsp3) is 0.108. The molecule has 0 N–H and O–H groups in total. The van der Waals surface area contributed by atoms with Crippen molar-refractivity contribution in [3.63, 3.8) is 0 Å². The minimum absolute atomic E-state index is 0.125. The van der Waals surface area contributed by atoms with Crippen LogP contribution < -0.4 is 4.90 Å². The number of nitrogens with zero attached hydrogens (tertiary/aromatic N) is 1. The molecule has 1 spiro atoms. The number of hydrogen-bond donors (Lipinski definition) is 0. The Labute approximate surface area is 396 Å². The molecular formula is C65H47NS. The first-order valence-corrected chi connectivity index (χ1v) is 24.6. The van der Waals surface area contributed by atoms with E-state index in [1.165, 1.54) is 126 Å². The molecule has 14 rings (SSSR count). The number of thiophene rings is 1. The molecule has 1 heterocycles. The van der Waals surface area contributed by atoms with Gasteiger partial charge in [-0.2, -0.15) is 0 Å². The number of fused-ring (bicyclic) bond motifs is 16. The van der Waals surface area contributed by atoms with E-state index in [1.807, 2.05) is 11.3 Å². The molecule has 2 heteroatoms. The zero-order valence-electron chi connectivity index (χ0n) is 37.8. The van der Waals surface area contributed by atoms with Crippen LogP contribution in [-0.2, 0) is 10.8 Å². The Kier molecular flexibility index (Phi) is 8.23. The van der Waals surface area contributed by atoms with Gasteiger partial charge in [-0.1, -0.05) is 197 Å². The number of anilines is 2. The Morgan fingerprint density at radius 1 is 0.478 bits per heavy atom. The van der Waals surface area contributed by atoms with Crippen molar-refractivity contribution in [1.29, 1.82) is 0 Å². The summed E-state index contributed by atoms with van der Waals surface area (Å²) in [6, 6.07) is 77.7. The van der Waals surface area contributed by atoms with E-state index in [0.29, 0.717) is 0 Å². The van der Waals surface area contributed by atoms with Crippen molar-refractivity contribution in [3.05, 3.63) is 257 Å². The molecule has 10 aromatic rings.